The number of primary amides is 1. The van der Waals surface area contributed by atoms with Gasteiger partial charge in [-0.25, -0.2) is 4.39 Å². The van der Waals surface area contributed by atoms with Gasteiger partial charge >= 0.3 is 0 Å². The van der Waals surface area contributed by atoms with Crippen LogP contribution in [0, 0.1) is 5.82 Å². The van der Waals surface area contributed by atoms with Crippen LogP contribution >= 0.6 is 0 Å². The Hall–Kier alpha value is -3.22. The smallest absolute Gasteiger partial charge is 0.252 e. The molecule has 0 unspecified atom stereocenters. The van der Waals surface area contributed by atoms with Gasteiger partial charge in [-0.2, -0.15) is 0 Å². The van der Waals surface area contributed by atoms with Crippen molar-refractivity contribution in [3.8, 4) is 0 Å². The molecule has 0 bridgehead atoms. The van der Waals surface area contributed by atoms with Crippen molar-refractivity contribution in [2.24, 2.45) is 5.73 Å². The molecule has 0 aliphatic heterocycles. The number of benzene rings is 2. The first kappa shape index (κ1) is 18.1. The van der Waals surface area contributed by atoms with Crippen LogP contribution in [0.15, 0.2) is 48.5 Å². The van der Waals surface area contributed by atoms with Gasteiger partial charge in [-0.15, -0.1) is 0 Å². The molecule has 6 nitrogen and oxygen atoms in total. The van der Waals surface area contributed by atoms with Gasteiger partial charge in [0.15, 0.2) is 0 Å². The molecule has 130 valence electrons. The standard InChI is InChI=1S/C18H18FN3O3/c1-11(23)21-15-7-3-5-13(10-15)18(25)22-16(17(20)24)9-12-4-2-6-14(19)8-12/h2-8,10,16H,9H2,1H3,(H2,20,24)(H,21,23)(H,22,25)/t16-/m1/s1. The predicted molar refractivity (Wildman–Crippen MR) is 91.3 cm³/mol. The van der Waals surface area contributed by atoms with Crippen molar-refractivity contribution in [1.82, 2.24) is 5.32 Å². The molecule has 0 heterocycles. The summed E-state index contributed by atoms with van der Waals surface area (Å²) < 4.78 is 13.3. The lowest BCUT2D eigenvalue weighted by Gasteiger charge is -2.16. The highest BCUT2D eigenvalue weighted by molar-refractivity contribution is 5.99. The number of anilines is 1. The van der Waals surface area contributed by atoms with E-state index in [1.807, 2.05) is 0 Å². The van der Waals surface area contributed by atoms with Crippen LogP contribution in [-0.4, -0.2) is 23.8 Å². The minimum atomic E-state index is -0.987. The third-order valence-electron chi connectivity index (χ3n) is 3.42. The summed E-state index contributed by atoms with van der Waals surface area (Å²) in [6.07, 6.45) is 0.0736. The van der Waals surface area contributed by atoms with Crippen molar-refractivity contribution >= 4 is 23.4 Å². The van der Waals surface area contributed by atoms with Crippen molar-refractivity contribution in [3.05, 3.63) is 65.5 Å². The molecule has 2 aromatic carbocycles. The van der Waals surface area contributed by atoms with E-state index in [0.29, 0.717) is 11.3 Å². The number of amides is 3. The number of halogens is 1. The van der Waals surface area contributed by atoms with Crippen LogP contribution < -0.4 is 16.4 Å². The lowest BCUT2D eigenvalue weighted by Crippen LogP contribution is -2.45. The highest BCUT2D eigenvalue weighted by Crippen LogP contribution is 2.12. The summed E-state index contributed by atoms with van der Waals surface area (Å²) in [6.45, 7) is 1.36. The average molecular weight is 343 g/mol. The van der Waals surface area contributed by atoms with Gasteiger partial charge in [0.25, 0.3) is 5.91 Å². The Morgan fingerprint density at radius 2 is 1.84 bits per heavy atom. The fraction of sp³-hybridized carbons (Fsp3) is 0.167. The molecular weight excluding hydrogens is 325 g/mol. The molecule has 2 rings (SSSR count). The topological polar surface area (TPSA) is 101 Å². The van der Waals surface area contributed by atoms with Gasteiger partial charge in [-0.3, -0.25) is 14.4 Å². The van der Waals surface area contributed by atoms with E-state index in [0.717, 1.165) is 0 Å². The zero-order valence-electron chi connectivity index (χ0n) is 13.6. The molecule has 1 atom stereocenters. The fourth-order valence-corrected chi connectivity index (χ4v) is 2.31. The normalized spacial score (nSPS) is 11.4. The Morgan fingerprint density at radius 1 is 1.12 bits per heavy atom. The number of nitrogens with two attached hydrogens (primary N) is 1. The zero-order valence-corrected chi connectivity index (χ0v) is 13.6. The zero-order chi connectivity index (χ0) is 18.4. The number of hydrogen-bond donors (Lipinski definition) is 3. The van der Waals surface area contributed by atoms with Gasteiger partial charge in [-0.05, 0) is 35.9 Å². The molecular formula is C18H18FN3O3. The Morgan fingerprint density at radius 3 is 2.48 bits per heavy atom. The fourth-order valence-electron chi connectivity index (χ4n) is 2.31. The Kier molecular flexibility index (Phi) is 5.84. The lowest BCUT2D eigenvalue weighted by molar-refractivity contribution is -0.119. The number of nitrogens with one attached hydrogen (secondary N) is 2. The SMILES string of the molecule is CC(=O)Nc1cccc(C(=O)N[C@H](Cc2cccc(F)c2)C(N)=O)c1. The van der Waals surface area contributed by atoms with Crippen LogP contribution in [0.4, 0.5) is 10.1 Å². The first-order valence-corrected chi connectivity index (χ1v) is 7.57. The van der Waals surface area contributed by atoms with E-state index >= 15 is 0 Å². The summed E-state index contributed by atoms with van der Waals surface area (Å²) in [4.78, 5) is 35.1. The summed E-state index contributed by atoms with van der Waals surface area (Å²) in [6, 6.07) is 11.0. The number of rotatable bonds is 6. The Balaban J connectivity index is 2.12. The first-order chi connectivity index (χ1) is 11.8. The summed E-state index contributed by atoms with van der Waals surface area (Å²) in [5.74, 6) is -1.95. The summed E-state index contributed by atoms with van der Waals surface area (Å²) >= 11 is 0. The van der Waals surface area contributed by atoms with Gasteiger partial charge in [0.1, 0.15) is 11.9 Å². The molecule has 7 heteroatoms. The van der Waals surface area contributed by atoms with Crippen LogP contribution in [0.25, 0.3) is 0 Å². The van der Waals surface area contributed by atoms with Gasteiger partial charge in [-0.1, -0.05) is 18.2 Å². The highest BCUT2D eigenvalue weighted by Gasteiger charge is 2.20. The third-order valence-corrected chi connectivity index (χ3v) is 3.42. The van der Waals surface area contributed by atoms with Crippen LogP contribution in [0.1, 0.15) is 22.8 Å². The van der Waals surface area contributed by atoms with Crippen molar-refractivity contribution in [2.75, 3.05) is 5.32 Å². The van der Waals surface area contributed by atoms with Crippen LogP contribution in [0.3, 0.4) is 0 Å². The molecule has 0 aliphatic carbocycles. The molecule has 0 radical (unpaired) electrons. The van der Waals surface area contributed by atoms with E-state index in [4.69, 9.17) is 5.73 Å². The van der Waals surface area contributed by atoms with Crippen LogP contribution in [0.2, 0.25) is 0 Å². The maximum Gasteiger partial charge on any atom is 0.252 e. The number of carbonyl (C=O) groups is 3. The first-order valence-electron chi connectivity index (χ1n) is 7.57. The molecule has 0 spiro atoms. The van der Waals surface area contributed by atoms with Crippen LogP contribution in [0.5, 0.6) is 0 Å². The molecule has 4 N–H and O–H groups in total. The van der Waals surface area contributed by atoms with E-state index in [9.17, 15) is 18.8 Å². The molecule has 0 saturated carbocycles. The molecule has 2 aromatic rings. The summed E-state index contributed by atoms with van der Waals surface area (Å²) in [5, 5.41) is 5.10. The molecule has 0 aromatic heterocycles. The van der Waals surface area contributed by atoms with E-state index in [1.54, 1.807) is 24.3 Å². The quantitative estimate of drug-likeness (QED) is 0.743. The third kappa shape index (κ3) is 5.42. The minimum Gasteiger partial charge on any atom is -0.368 e. The monoisotopic (exact) mass is 343 g/mol. The summed E-state index contributed by atoms with van der Waals surface area (Å²) in [7, 11) is 0. The van der Waals surface area contributed by atoms with Crippen molar-refractivity contribution in [1.29, 1.82) is 0 Å². The highest BCUT2D eigenvalue weighted by atomic mass is 19.1. The summed E-state index contributed by atoms with van der Waals surface area (Å²) in [5.41, 5.74) is 6.60. The lowest BCUT2D eigenvalue weighted by atomic mass is 10.0. The molecule has 0 aliphatic rings. The molecule has 0 fully saturated rings. The number of carbonyl (C=O) groups excluding carboxylic acids is 3. The van der Waals surface area contributed by atoms with Gasteiger partial charge < -0.3 is 16.4 Å². The maximum atomic E-state index is 13.3. The van der Waals surface area contributed by atoms with Crippen molar-refractivity contribution < 1.29 is 18.8 Å². The van der Waals surface area contributed by atoms with Crippen LogP contribution in [-0.2, 0) is 16.0 Å². The minimum absolute atomic E-state index is 0.0736. The van der Waals surface area contributed by atoms with Gasteiger partial charge in [0.2, 0.25) is 11.8 Å². The number of hydrogen-bond acceptors (Lipinski definition) is 3. The second kappa shape index (κ2) is 8.05. The van der Waals surface area contributed by atoms with Crippen molar-refractivity contribution in [3.63, 3.8) is 0 Å². The largest absolute Gasteiger partial charge is 0.368 e. The maximum absolute atomic E-state index is 13.3. The van der Waals surface area contributed by atoms with E-state index < -0.39 is 23.7 Å². The molecule has 3 amide bonds. The Bertz CT molecular complexity index is 808. The van der Waals surface area contributed by atoms with E-state index in [-0.39, 0.29) is 17.9 Å². The predicted octanol–water partition coefficient (Wildman–Crippen LogP) is 1.61. The van der Waals surface area contributed by atoms with E-state index in [1.165, 1.54) is 31.2 Å². The molecule has 0 saturated heterocycles. The second-order valence-electron chi connectivity index (χ2n) is 5.52. The second-order valence-corrected chi connectivity index (χ2v) is 5.52. The van der Waals surface area contributed by atoms with Gasteiger partial charge in [0.05, 0.1) is 0 Å². The Labute approximate surface area is 144 Å². The van der Waals surface area contributed by atoms with E-state index in [2.05, 4.69) is 10.6 Å². The molecule has 25 heavy (non-hydrogen) atoms. The van der Waals surface area contributed by atoms with Crippen molar-refractivity contribution in [2.45, 2.75) is 19.4 Å². The van der Waals surface area contributed by atoms with Gasteiger partial charge in [0, 0.05) is 24.6 Å². The average Bonchev–Trinajstić information content (AvgIpc) is 2.53.